The van der Waals surface area contributed by atoms with Gasteiger partial charge < -0.3 is 15.6 Å². The van der Waals surface area contributed by atoms with E-state index in [-0.39, 0.29) is 5.56 Å². The Labute approximate surface area is 101 Å². The number of esters is 1. The van der Waals surface area contributed by atoms with Gasteiger partial charge in [-0.15, -0.1) is 0 Å². The first-order chi connectivity index (χ1) is 8.32. The number of nitrogens with two attached hydrogens (primary N) is 1. The maximum absolute atomic E-state index is 12.1. The molecule has 0 aliphatic heterocycles. The molecule has 2 atom stereocenters. The van der Waals surface area contributed by atoms with Gasteiger partial charge in [0.2, 0.25) is 0 Å². The van der Waals surface area contributed by atoms with Gasteiger partial charge in [0.1, 0.15) is 6.61 Å². The summed E-state index contributed by atoms with van der Waals surface area (Å²) < 4.78 is 40.8. The molecule has 3 N–H and O–H groups in total. The van der Waals surface area contributed by atoms with Crippen molar-refractivity contribution in [1.29, 1.82) is 0 Å². The maximum Gasteiger partial charge on any atom is 0.416 e. The van der Waals surface area contributed by atoms with Crippen LogP contribution in [0.3, 0.4) is 0 Å². The Kier molecular flexibility index (Phi) is 4.69. The lowest BCUT2D eigenvalue weighted by Gasteiger charge is -2.20. The van der Waals surface area contributed by atoms with Crippen LogP contribution in [-0.2, 0) is 4.74 Å². The van der Waals surface area contributed by atoms with Crippen LogP contribution < -0.4 is 5.73 Å². The molecular weight excluding hydrogens is 251 g/mol. The van der Waals surface area contributed by atoms with E-state index in [2.05, 4.69) is 4.74 Å². The molecule has 18 heavy (non-hydrogen) atoms. The van der Waals surface area contributed by atoms with Crippen LogP contribution in [0.1, 0.15) is 10.4 Å². The number of hydrogen-bond donors (Lipinski definition) is 2. The zero-order valence-corrected chi connectivity index (χ0v) is 9.22. The molecule has 0 aliphatic carbocycles. The second-order valence-corrected chi connectivity index (χ2v) is 3.61. The molecule has 0 fully saturated rings. The summed E-state index contributed by atoms with van der Waals surface area (Å²) in [6.07, 6.45) is -7.56. The van der Waals surface area contributed by atoms with Gasteiger partial charge in [0.15, 0.2) is 6.10 Å². The van der Waals surface area contributed by atoms with Crippen molar-refractivity contribution >= 4 is 5.97 Å². The molecule has 4 nitrogen and oxygen atoms in total. The van der Waals surface area contributed by atoms with Crippen molar-refractivity contribution in [3.63, 3.8) is 0 Å². The summed E-state index contributed by atoms with van der Waals surface area (Å²) in [7, 11) is 0. The molecule has 0 saturated carbocycles. The highest BCUT2D eigenvalue weighted by Crippen LogP contribution is 2.21. The van der Waals surface area contributed by atoms with Crippen LogP contribution in [0.2, 0.25) is 0 Å². The summed E-state index contributed by atoms with van der Waals surface area (Å²) in [5.41, 5.74) is 5.28. The number of aliphatic hydroxyl groups excluding tert-OH is 1. The van der Waals surface area contributed by atoms with Gasteiger partial charge in [0, 0.05) is 0 Å². The number of rotatable bonds is 4. The fourth-order valence-corrected chi connectivity index (χ4v) is 1.16. The predicted octanol–water partition coefficient (Wildman–Crippen LogP) is 1.09. The Morgan fingerprint density at radius 3 is 2.39 bits per heavy atom. The van der Waals surface area contributed by atoms with Crippen molar-refractivity contribution < 1.29 is 27.8 Å². The summed E-state index contributed by atoms with van der Waals surface area (Å²) in [6, 6.07) is 6.04. The minimum Gasteiger partial charge on any atom is -0.460 e. The highest BCUT2D eigenvalue weighted by Gasteiger charge is 2.42. The van der Waals surface area contributed by atoms with E-state index in [1.54, 1.807) is 18.2 Å². The molecule has 0 heterocycles. The van der Waals surface area contributed by atoms with Crippen LogP contribution in [0.15, 0.2) is 30.3 Å². The largest absolute Gasteiger partial charge is 0.460 e. The van der Waals surface area contributed by atoms with Gasteiger partial charge in [-0.1, -0.05) is 18.2 Å². The number of hydrogen-bond acceptors (Lipinski definition) is 4. The van der Waals surface area contributed by atoms with Gasteiger partial charge in [-0.05, 0) is 12.1 Å². The van der Waals surface area contributed by atoms with Crippen molar-refractivity contribution in [2.75, 3.05) is 6.61 Å². The average Bonchev–Trinajstić information content (AvgIpc) is 2.34. The van der Waals surface area contributed by atoms with Crippen molar-refractivity contribution in [3.8, 4) is 0 Å². The Balaban J connectivity index is 2.49. The first-order valence-electron chi connectivity index (χ1n) is 5.05. The molecule has 1 rings (SSSR count). The monoisotopic (exact) mass is 263 g/mol. The Bertz CT molecular complexity index is 394. The van der Waals surface area contributed by atoms with Crippen LogP contribution >= 0.6 is 0 Å². The molecule has 0 spiro atoms. The van der Waals surface area contributed by atoms with Crippen LogP contribution in [0, 0.1) is 0 Å². The Morgan fingerprint density at radius 2 is 1.89 bits per heavy atom. The van der Waals surface area contributed by atoms with E-state index in [4.69, 9.17) is 10.8 Å². The van der Waals surface area contributed by atoms with E-state index >= 15 is 0 Å². The smallest absolute Gasteiger partial charge is 0.416 e. The summed E-state index contributed by atoms with van der Waals surface area (Å²) in [6.45, 7) is -0.714. The minimum absolute atomic E-state index is 0.200. The van der Waals surface area contributed by atoms with E-state index in [0.29, 0.717) is 0 Å². The van der Waals surface area contributed by atoms with E-state index in [9.17, 15) is 18.0 Å². The van der Waals surface area contributed by atoms with Crippen LogP contribution in [0.25, 0.3) is 0 Å². The van der Waals surface area contributed by atoms with Crippen LogP contribution in [0.4, 0.5) is 13.2 Å². The van der Waals surface area contributed by atoms with Gasteiger partial charge in [-0.25, -0.2) is 4.79 Å². The summed E-state index contributed by atoms with van der Waals surface area (Å²) in [5.74, 6) is -0.791. The lowest BCUT2D eigenvalue weighted by Crippen LogP contribution is -2.47. The van der Waals surface area contributed by atoms with Crippen LogP contribution in [-0.4, -0.2) is 36.0 Å². The number of benzene rings is 1. The summed E-state index contributed by atoms with van der Waals surface area (Å²) >= 11 is 0. The van der Waals surface area contributed by atoms with E-state index < -0.39 is 30.9 Å². The predicted molar refractivity (Wildman–Crippen MR) is 56.8 cm³/mol. The molecule has 0 amide bonds. The number of carbonyl (C=O) groups excluding carboxylic acids is 1. The number of aliphatic hydroxyl groups is 1. The normalized spacial score (nSPS) is 14.9. The molecular formula is C11H12F3NO3. The summed E-state index contributed by atoms with van der Waals surface area (Å²) in [4.78, 5) is 11.4. The van der Waals surface area contributed by atoms with Crippen molar-refractivity contribution in [3.05, 3.63) is 35.9 Å². The third-order valence-corrected chi connectivity index (χ3v) is 2.16. The van der Waals surface area contributed by atoms with Gasteiger partial charge in [0.25, 0.3) is 0 Å². The van der Waals surface area contributed by atoms with Crippen molar-refractivity contribution in [2.24, 2.45) is 5.73 Å². The Hall–Kier alpha value is -1.60. The Morgan fingerprint density at radius 1 is 1.33 bits per heavy atom. The molecule has 100 valence electrons. The third kappa shape index (κ3) is 4.01. The molecule has 0 aromatic heterocycles. The van der Waals surface area contributed by atoms with Gasteiger partial charge >= 0.3 is 12.1 Å². The molecule has 0 unspecified atom stereocenters. The molecule has 0 saturated heterocycles. The van der Waals surface area contributed by atoms with Crippen molar-refractivity contribution in [1.82, 2.24) is 0 Å². The minimum atomic E-state index is -4.83. The molecule has 0 aliphatic rings. The van der Waals surface area contributed by atoms with Crippen LogP contribution in [0.5, 0.6) is 0 Å². The van der Waals surface area contributed by atoms with E-state index in [1.165, 1.54) is 12.1 Å². The molecule has 1 aromatic carbocycles. The number of ether oxygens (including phenoxy) is 1. The zero-order chi connectivity index (χ0) is 13.8. The van der Waals surface area contributed by atoms with E-state index in [1.807, 2.05) is 0 Å². The molecule has 7 heteroatoms. The fourth-order valence-electron chi connectivity index (χ4n) is 1.16. The maximum atomic E-state index is 12.1. The lowest BCUT2D eigenvalue weighted by molar-refractivity contribution is -0.211. The first kappa shape index (κ1) is 14.5. The average molecular weight is 263 g/mol. The standard InChI is InChI=1S/C11H12F3NO3/c12-11(13,14)9(16)8(15)6-18-10(17)7-4-2-1-3-5-7/h1-5,8-9,16H,6,15H2/t8-,9-/m1/s1. The second-order valence-electron chi connectivity index (χ2n) is 3.61. The molecule has 1 aromatic rings. The number of carbonyl (C=O) groups is 1. The highest BCUT2D eigenvalue weighted by molar-refractivity contribution is 5.89. The SMILES string of the molecule is N[C@H](COC(=O)c1ccccc1)[C@@H](O)C(F)(F)F. The summed E-state index contributed by atoms with van der Waals surface area (Å²) in [5, 5.41) is 8.80. The van der Waals surface area contributed by atoms with Gasteiger partial charge in [-0.3, -0.25) is 0 Å². The lowest BCUT2D eigenvalue weighted by atomic mass is 10.2. The zero-order valence-electron chi connectivity index (χ0n) is 9.22. The van der Waals surface area contributed by atoms with Crippen molar-refractivity contribution in [2.45, 2.75) is 18.3 Å². The first-order valence-corrected chi connectivity index (χ1v) is 5.05. The number of alkyl halides is 3. The van der Waals surface area contributed by atoms with E-state index in [0.717, 1.165) is 0 Å². The quantitative estimate of drug-likeness (QED) is 0.798. The third-order valence-electron chi connectivity index (χ3n) is 2.16. The second kappa shape index (κ2) is 5.83. The molecule has 0 radical (unpaired) electrons. The molecule has 0 bridgehead atoms. The fraction of sp³-hybridized carbons (Fsp3) is 0.364. The number of halogens is 3. The van der Waals surface area contributed by atoms with Gasteiger partial charge in [-0.2, -0.15) is 13.2 Å². The highest BCUT2D eigenvalue weighted by atomic mass is 19.4. The topological polar surface area (TPSA) is 72.5 Å². The van der Waals surface area contributed by atoms with Gasteiger partial charge in [0.05, 0.1) is 11.6 Å².